The quantitative estimate of drug-likeness (QED) is 0.372. The fraction of sp³-hybridized carbons (Fsp3) is 0.0500. The SMILES string of the molecule is Cn1c2ccccc2c2cc(/C=C/C(=O)c3cccs3)ccc21. The summed E-state index contributed by atoms with van der Waals surface area (Å²) in [5.41, 5.74) is 3.46. The molecule has 4 rings (SSSR count). The van der Waals surface area contributed by atoms with Crippen LogP contribution in [0, 0.1) is 0 Å². The van der Waals surface area contributed by atoms with Crippen molar-refractivity contribution in [2.45, 2.75) is 0 Å². The van der Waals surface area contributed by atoms with E-state index in [1.807, 2.05) is 23.6 Å². The third-order valence-electron chi connectivity index (χ3n) is 4.13. The van der Waals surface area contributed by atoms with E-state index in [-0.39, 0.29) is 5.78 Å². The molecule has 2 heterocycles. The van der Waals surface area contributed by atoms with Crippen LogP contribution in [0.3, 0.4) is 0 Å². The summed E-state index contributed by atoms with van der Waals surface area (Å²) in [6, 6.07) is 18.5. The van der Waals surface area contributed by atoms with E-state index in [9.17, 15) is 4.79 Å². The molecule has 0 aliphatic rings. The first-order valence-electron chi connectivity index (χ1n) is 7.47. The van der Waals surface area contributed by atoms with Crippen LogP contribution in [0.25, 0.3) is 27.9 Å². The summed E-state index contributed by atoms with van der Waals surface area (Å²) in [5, 5.41) is 4.38. The highest BCUT2D eigenvalue weighted by Crippen LogP contribution is 2.29. The number of aryl methyl sites for hydroxylation is 1. The predicted molar refractivity (Wildman–Crippen MR) is 98.1 cm³/mol. The smallest absolute Gasteiger partial charge is 0.195 e. The number of carbonyl (C=O) groups is 1. The summed E-state index contributed by atoms with van der Waals surface area (Å²) in [5.74, 6) is 0.0537. The molecule has 0 radical (unpaired) electrons. The molecule has 0 saturated heterocycles. The molecule has 23 heavy (non-hydrogen) atoms. The van der Waals surface area contributed by atoms with E-state index in [0.717, 1.165) is 10.4 Å². The van der Waals surface area contributed by atoms with Gasteiger partial charge in [-0.2, -0.15) is 0 Å². The van der Waals surface area contributed by atoms with Crippen molar-refractivity contribution >= 4 is 45.0 Å². The van der Waals surface area contributed by atoms with Crippen LogP contribution in [0.2, 0.25) is 0 Å². The average molecular weight is 317 g/mol. The van der Waals surface area contributed by atoms with Crippen LogP contribution in [0.1, 0.15) is 15.2 Å². The Morgan fingerprint density at radius 3 is 2.65 bits per heavy atom. The van der Waals surface area contributed by atoms with Gasteiger partial charge in [0.15, 0.2) is 5.78 Å². The fourth-order valence-electron chi connectivity index (χ4n) is 2.96. The fourth-order valence-corrected chi connectivity index (χ4v) is 3.61. The van der Waals surface area contributed by atoms with E-state index in [1.54, 1.807) is 6.08 Å². The van der Waals surface area contributed by atoms with Gasteiger partial charge in [-0.05, 0) is 41.3 Å². The van der Waals surface area contributed by atoms with E-state index in [0.29, 0.717) is 0 Å². The van der Waals surface area contributed by atoms with Crippen molar-refractivity contribution in [1.82, 2.24) is 4.57 Å². The molecule has 2 aromatic carbocycles. The molecule has 3 heteroatoms. The number of rotatable bonds is 3. The summed E-state index contributed by atoms with van der Waals surface area (Å²) in [6.07, 6.45) is 3.54. The van der Waals surface area contributed by atoms with Gasteiger partial charge in [-0.1, -0.05) is 36.4 Å². The maximum absolute atomic E-state index is 12.1. The van der Waals surface area contributed by atoms with Crippen LogP contribution in [-0.2, 0) is 7.05 Å². The van der Waals surface area contributed by atoms with Gasteiger partial charge in [0, 0.05) is 28.9 Å². The molecule has 0 aliphatic heterocycles. The second kappa shape index (κ2) is 5.52. The lowest BCUT2D eigenvalue weighted by Crippen LogP contribution is -1.89. The number of carbonyl (C=O) groups excluding carboxylic acids is 1. The second-order valence-corrected chi connectivity index (χ2v) is 6.48. The Balaban J connectivity index is 1.77. The number of thiophene rings is 1. The van der Waals surface area contributed by atoms with E-state index >= 15 is 0 Å². The maximum Gasteiger partial charge on any atom is 0.195 e. The monoisotopic (exact) mass is 317 g/mol. The molecule has 0 aliphatic carbocycles. The summed E-state index contributed by atoms with van der Waals surface area (Å²) in [4.78, 5) is 12.8. The van der Waals surface area contributed by atoms with E-state index in [1.165, 1.54) is 33.1 Å². The zero-order valence-electron chi connectivity index (χ0n) is 12.7. The highest BCUT2D eigenvalue weighted by Gasteiger charge is 2.07. The Bertz CT molecular complexity index is 1040. The Morgan fingerprint density at radius 1 is 1.00 bits per heavy atom. The van der Waals surface area contributed by atoms with Crippen LogP contribution in [0.5, 0.6) is 0 Å². The first-order valence-corrected chi connectivity index (χ1v) is 8.35. The summed E-state index contributed by atoms with van der Waals surface area (Å²) in [7, 11) is 2.08. The van der Waals surface area contributed by atoms with Gasteiger partial charge in [-0.15, -0.1) is 11.3 Å². The number of nitrogens with zero attached hydrogens (tertiary/aromatic N) is 1. The molecule has 0 N–H and O–H groups in total. The van der Waals surface area contributed by atoms with E-state index in [4.69, 9.17) is 0 Å². The van der Waals surface area contributed by atoms with Crippen molar-refractivity contribution in [2.75, 3.05) is 0 Å². The van der Waals surface area contributed by atoms with E-state index < -0.39 is 0 Å². The first-order chi connectivity index (χ1) is 11.2. The number of para-hydroxylation sites is 1. The zero-order valence-corrected chi connectivity index (χ0v) is 13.5. The minimum absolute atomic E-state index is 0.0537. The number of benzene rings is 2. The lowest BCUT2D eigenvalue weighted by atomic mass is 10.1. The van der Waals surface area contributed by atoms with Crippen LogP contribution in [-0.4, -0.2) is 10.4 Å². The maximum atomic E-state index is 12.1. The molecule has 2 nitrogen and oxygen atoms in total. The highest BCUT2D eigenvalue weighted by atomic mass is 32.1. The van der Waals surface area contributed by atoms with Crippen molar-refractivity contribution in [2.24, 2.45) is 7.05 Å². The number of aromatic nitrogens is 1. The van der Waals surface area contributed by atoms with Gasteiger partial charge >= 0.3 is 0 Å². The minimum Gasteiger partial charge on any atom is -0.344 e. The predicted octanol–water partition coefficient (Wildman–Crippen LogP) is 5.29. The van der Waals surface area contributed by atoms with Crippen LogP contribution >= 0.6 is 11.3 Å². The number of fused-ring (bicyclic) bond motifs is 3. The standard InChI is InChI=1S/C20H15NOS/c1-21-17-6-3-2-5-15(17)16-13-14(8-10-18(16)21)9-11-19(22)20-7-4-12-23-20/h2-13H,1H3/b11-9+. The Labute approximate surface area is 138 Å². The lowest BCUT2D eigenvalue weighted by molar-refractivity contribution is 0.105. The third-order valence-corrected chi connectivity index (χ3v) is 5.01. The van der Waals surface area contributed by atoms with Crippen molar-refractivity contribution in [3.8, 4) is 0 Å². The number of hydrogen-bond donors (Lipinski definition) is 0. The molecule has 0 fully saturated rings. The first kappa shape index (κ1) is 14.0. The van der Waals surface area contributed by atoms with Crippen LogP contribution in [0.4, 0.5) is 0 Å². The Kier molecular flexibility index (Phi) is 3.36. The Morgan fingerprint density at radius 2 is 1.83 bits per heavy atom. The zero-order chi connectivity index (χ0) is 15.8. The molecule has 0 saturated carbocycles. The normalized spacial score (nSPS) is 11.7. The van der Waals surface area contributed by atoms with E-state index in [2.05, 4.69) is 54.1 Å². The molecule has 4 aromatic rings. The Hall–Kier alpha value is -2.65. The minimum atomic E-state index is 0.0537. The van der Waals surface area contributed by atoms with Gasteiger partial charge < -0.3 is 4.57 Å². The van der Waals surface area contributed by atoms with Crippen molar-refractivity contribution in [3.05, 3.63) is 76.5 Å². The number of ketones is 1. The van der Waals surface area contributed by atoms with Gasteiger partial charge in [0.1, 0.15) is 0 Å². The molecule has 112 valence electrons. The average Bonchev–Trinajstić information content (AvgIpc) is 3.21. The molecular formula is C20H15NOS. The molecule has 0 bridgehead atoms. The molecule has 0 unspecified atom stereocenters. The molecule has 2 aromatic heterocycles. The van der Waals surface area contributed by atoms with Gasteiger partial charge in [-0.3, -0.25) is 4.79 Å². The summed E-state index contributed by atoms with van der Waals surface area (Å²) >= 11 is 1.47. The largest absolute Gasteiger partial charge is 0.344 e. The summed E-state index contributed by atoms with van der Waals surface area (Å²) in [6.45, 7) is 0. The molecular weight excluding hydrogens is 302 g/mol. The third kappa shape index (κ3) is 2.39. The molecule has 0 atom stereocenters. The highest BCUT2D eigenvalue weighted by molar-refractivity contribution is 7.12. The van der Waals surface area contributed by atoms with Crippen molar-refractivity contribution < 1.29 is 4.79 Å². The van der Waals surface area contributed by atoms with Crippen molar-refractivity contribution in [1.29, 1.82) is 0 Å². The van der Waals surface area contributed by atoms with Crippen molar-refractivity contribution in [3.63, 3.8) is 0 Å². The number of hydrogen-bond acceptors (Lipinski definition) is 2. The van der Waals surface area contributed by atoms with Gasteiger partial charge in [0.05, 0.1) is 4.88 Å². The van der Waals surface area contributed by atoms with Gasteiger partial charge in [0.2, 0.25) is 0 Å². The van der Waals surface area contributed by atoms with Gasteiger partial charge in [0.25, 0.3) is 0 Å². The second-order valence-electron chi connectivity index (χ2n) is 5.53. The van der Waals surface area contributed by atoms with Crippen LogP contribution in [0.15, 0.2) is 66.1 Å². The van der Waals surface area contributed by atoms with Crippen LogP contribution < -0.4 is 0 Å². The lowest BCUT2D eigenvalue weighted by Gasteiger charge is -1.98. The van der Waals surface area contributed by atoms with Gasteiger partial charge in [-0.25, -0.2) is 0 Å². The molecule has 0 spiro atoms. The summed E-state index contributed by atoms with van der Waals surface area (Å²) < 4.78 is 2.20. The molecule has 0 amide bonds. The number of allylic oxidation sites excluding steroid dienone is 1. The topological polar surface area (TPSA) is 22.0 Å².